The van der Waals surface area contributed by atoms with Gasteiger partial charge < -0.3 is 16.0 Å². The van der Waals surface area contributed by atoms with E-state index in [4.69, 9.17) is 10.7 Å². The number of aryl methyl sites for hydroxylation is 1. The number of hydrogen-bond donors (Lipinski definition) is 2. The van der Waals surface area contributed by atoms with Crippen LogP contribution in [0, 0.1) is 12.8 Å². The molecule has 3 N–H and O–H groups in total. The number of likely N-dealkylation sites (N-methyl/N-ethyl adjacent to an activating group) is 1. The second kappa shape index (κ2) is 8.64. The number of benzene rings is 2. The van der Waals surface area contributed by atoms with Crippen molar-refractivity contribution in [1.82, 2.24) is 14.9 Å². The van der Waals surface area contributed by atoms with Gasteiger partial charge in [-0.3, -0.25) is 9.69 Å². The highest BCUT2D eigenvalue weighted by Crippen LogP contribution is 2.42. The molecule has 35 heavy (non-hydrogen) atoms. The maximum atomic E-state index is 11.9. The Morgan fingerprint density at radius 3 is 2.51 bits per heavy atom. The number of hydrogen-bond acceptors (Lipinski definition) is 6. The van der Waals surface area contributed by atoms with Crippen molar-refractivity contribution in [3.05, 3.63) is 65.9 Å². The zero-order valence-electron chi connectivity index (χ0n) is 20.3. The molecule has 3 fully saturated rings. The minimum atomic E-state index is -0.236. The van der Waals surface area contributed by atoms with Crippen molar-refractivity contribution in [2.45, 2.75) is 44.2 Å². The van der Waals surface area contributed by atoms with E-state index in [0.717, 1.165) is 48.4 Å². The average molecular weight is 469 g/mol. The highest BCUT2D eigenvalue weighted by atomic mass is 16.1. The first-order valence-corrected chi connectivity index (χ1v) is 12.5. The van der Waals surface area contributed by atoms with Gasteiger partial charge >= 0.3 is 0 Å². The van der Waals surface area contributed by atoms with Gasteiger partial charge in [0.15, 0.2) is 0 Å². The minimum absolute atomic E-state index is 0.186. The molecule has 2 aliphatic heterocycles. The van der Waals surface area contributed by atoms with Crippen LogP contribution in [0.2, 0.25) is 0 Å². The van der Waals surface area contributed by atoms with Crippen LogP contribution in [0.3, 0.4) is 0 Å². The van der Waals surface area contributed by atoms with Gasteiger partial charge in [0.1, 0.15) is 0 Å². The molecule has 2 saturated heterocycles. The molecular formula is C28H32N6O. The van der Waals surface area contributed by atoms with Crippen molar-refractivity contribution >= 4 is 23.2 Å². The minimum Gasteiger partial charge on any atom is -0.369 e. The lowest BCUT2D eigenvalue weighted by Gasteiger charge is -2.34. The Kier molecular flexibility index (Phi) is 5.44. The third-order valence-corrected chi connectivity index (χ3v) is 7.90. The molecule has 1 amide bonds. The van der Waals surface area contributed by atoms with Gasteiger partial charge in [-0.25, -0.2) is 9.97 Å². The summed E-state index contributed by atoms with van der Waals surface area (Å²) >= 11 is 0. The molecule has 0 spiro atoms. The molecule has 3 aromatic rings. The highest BCUT2D eigenvalue weighted by Gasteiger charge is 2.41. The summed E-state index contributed by atoms with van der Waals surface area (Å²) < 4.78 is 0. The molecule has 3 aliphatic rings. The molecule has 3 heterocycles. The second-order valence-corrected chi connectivity index (χ2v) is 10.4. The summed E-state index contributed by atoms with van der Waals surface area (Å²) in [6, 6.07) is 17.7. The topological polar surface area (TPSA) is 87.4 Å². The number of nitrogens with zero attached hydrogens (tertiary/aromatic N) is 4. The Morgan fingerprint density at radius 2 is 1.89 bits per heavy atom. The van der Waals surface area contributed by atoms with Crippen LogP contribution in [0.5, 0.6) is 0 Å². The SMILES string of the molecule is Cc1cc(Nc2nccc(-c3ccc(C(C(N)=O)C4CC4)cc3)n2)ccc1N1CC2CC1CN2C. The lowest BCUT2D eigenvalue weighted by atomic mass is 9.92. The fraction of sp³-hybridized carbons (Fsp3) is 0.393. The molecule has 2 bridgehead atoms. The summed E-state index contributed by atoms with van der Waals surface area (Å²) in [5.41, 5.74) is 12.0. The molecule has 7 nitrogen and oxygen atoms in total. The number of carbonyl (C=O) groups excluding carboxylic acids is 1. The van der Waals surface area contributed by atoms with E-state index in [-0.39, 0.29) is 11.8 Å². The first kappa shape index (κ1) is 22.0. The van der Waals surface area contributed by atoms with Crippen LogP contribution < -0.4 is 16.0 Å². The van der Waals surface area contributed by atoms with Gasteiger partial charge in [-0.15, -0.1) is 0 Å². The Morgan fingerprint density at radius 1 is 1.09 bits per heavy atom. The summed E-state index contributed by atoms with van der Waals surface area (Å²) in [7, 11) is 2.23. The molecule has 7 heteroatoms. The van der Waals surface area contributed by atoms with Crippen molar-refractivity contribution in [3.8, 4) is 11.3 Å². The highest BCUT2D eigenvalue weighted by molar-refractivity contribution is 5.83. The van der Waals surface area contributed by atoms with Crippen LogP contribution in [0.4, 0.5) is 17.3 Å². The van der Waals surface area contributed by atoms with Crippen molar-refractivity contribution in [2.75, 3.05) is 30.4 Å². The van der Waals surface area contributed by atoms with E-state index in [2.05, 4.69) is 52.3 Å². The number of nitrogens with two attached hydrogens (primary N) is 1. The molecule has 3 unspecified atom stereocenters. The smallest absolute Gasteiger partial charge is 0.227 e. The Hall–Kier alpha value is -3.45. The number of likely N-dealkylation sites (tertiary alicyclic amines) is 1. The van der Waals surface area contributed by atoms with Gasteiger partial charge in [0.2, 0.25) is 11.9 Å². The number of carbonyl (C=O) groups is 1. The lowest BCUT2D eigenvalue weighted by molar-refractivity contribution is -0.119. The van der Waals surface area contributed by atoms with E-state index in [1.807, 2.05) is 30.3 Å². The molecule has 0 radical (unpaired) electrons. The molecule has 2 aromatic carbocycles. The first-order valence-electron chi connectivity index (χ1n) is 12.5. The van der Waals surface area contributed by atoms with Crippen molar-refractivity contribution in [3.63, 3.8) is 0 Å². The fourth-order valence-electron chi connectivity index (χ4n) is 5.88. The number of aromatic nitrogens is 2. The quantitative estimate of drug-likeness (QED) is 0.544. The Labute approximate surface area is 206 Å². The van der Waals surface area contributed by atoms with Crippen LogP contribution in [0.1, 0.15) is 36.3 Å². The molecule has 1 saturated carbocycles. The standard InChI is InChI=1S/C28H32N6O/c1-17-13-21(9-10-25(17)34-16-22-14-23(34)15-33(22)2)31-28-30-12-11-24(32-28)18-3-5-19(6-4-18)26(27(29)35)20-7-8-20/h3-6,9-13,20,22-23,26H,7-8,14-16H2,1-2H3,(H2,29,35)(H,30,31,32). The third-order valence-electron chi connectivity index (χ3n) is 7.90. The van der Waals surface area contributed by atoms with Crippen LogP contribution in [-0.4, -0.2) is 53.0 Å². The number of amides is 1. The van der Waals surface area contributed by atoms with E-state index >= 15 is 0 Å². The van der Waals surface area contributed by atoms with Gasteiger partial charge in [-0.2, -0.15) is 0 Å². The van der Waals surface area contributed by atoms with Crippen LogP contribution >= 0.6 is 0 Å². The summed E-state index contributed by atoms with van der Waals surface area (Å²) in [5, 5.41) is 3.37. The second-order valence-electron chi connectivity index (χ2n) is 10.4. The monoisotopic (exact) mass is 468 g/mol. The molecular weight excluding hydrogens is 436 g/mol. The average Bonchev–Trinajstić information content (AvgIpc) is 3.48. The van der Waals surface area contributed by atoms with Gasteiger partial charge in [0, 0.05) is 48.3 Å². The van der Waals surface area contributed by atoms with Crippen molar-refractivity contribution in [2.24, 2.45) is 11.7 Å². The normalized spacial score (nSPS) is 22.4. The molecule has 3 atom stereocenters. The number of primary amides is 1. The van der Waals surface area contributed by atoms with Crippen LogP contribution in [-0.2, 0) is 4.79 Å². The lowest BCUT2D eigenvalue weighted by Crippen LogP contribution is -2.44. The van der Waals surface area contributed by atoms with Gasteiger partial charge in [-0.1, -0.05) is 24.3 Å². The van der Waals surface area contributed by atoms with Gasteiger partial charge in [0.25, 0.3) is 0 Å². The van der Waals surface area contributed by atoms with Gasteiger partial charge in [-0.05, 0) is 74.5 Å². The van der Waals surface area contributed by atoms with E-state index in [9.17, 15) is 4.79 Å². The number of rotatable bonds is 7. The Balaban J connectivity index is 1.17. The number of piperazine rings is 1. The predicted octanol–water partition coefficient (Wildman–Crippen LogP) is 4.07. The van der Waals surface area contributed by atoms with Crippen LogP contribution in [0.15, 0.2) is 54.7 Å². The molecule has 1 aliphatic carbocycles. The summed E-state index contributed by atoms with van der Waals surface area (Å²) in [4.78, 5) is 26.1. The molecule has 180 valence electrons. The zero-order chi connectivity index (χ0) is 24.1. The largest absolute Gasteiger partial charge is 0.369 e. The van der Waals surface area contributed by atoms with Gasteiger partial charge in [0.05, 0.1) is 11.6 Å². The number of fused-ring (bicyclic) bond motifs is 2. The first-order chi connectivity index (χ1) is 17.0. The van der Waals surface area contributed by atoms with E-state index in [1.165, 1.54) is 17.7 Å². The van der Waals surface area contributed by atoms with Crippen LogP contribution in [0.25, 0.3) is 11.3 Å². The van der Waals surface area contributed by atoms with Crippen molar-refractivity contribution < 1.29 is 4.79 Å². The maximum absolute atomic E-state index is 11.9. The molecule has 1 aromatic heterocycles. The summed E-state index contributed by atoms with van der Waals surface area (Å²) in [6.45, 7) is 4.44. The van der Waals surface area contributed by atoms with E-state index in [1.54, 1.807) is 6.20 Å². The molecule has 6 rings (SSSR count). The van der Waals surface area contributed by atoms with E-state index in [0.29, 0.717) is 23.9 Å². The maximum Gasteiger partial charge on any atom is 0.227 e. The Bertz CT molecular complexity index is 1250. The zero-order valence-corrected chi connectivity index (χ0v) is 20.3. The van der Waals surface area contributed by atoms with Crippen molar-refractivity contribution in [1.29, 1.82) is 0 Å². The predicted molar refractivity (Wildman–Crippen MR) is 139 cm³/mol. The summed E-state index contributed by atoms with van der Waals surface area (Å²) in [5.74, 6) is 0.535. The number of anilines is 3. The fourth-order valence-corrected chi connectivity index (χ4v) is 5.88. The number of nitrogens with one attached hydrogen (secondary N) is 1. The third kappa shape index (κ3) is 4.25. The summed E-state index contributed by atoms with van der Waals surface area (Å²) in [6.07, 6.45) is 5.19. The van der Waals surface area contributed by atoms with E-state index < -0.39 is 0 Å².